The molecule has 0 bridgehead atoms. The van der Waals surface area contributed by atoms with Gasteiger partial charge >= 0.3 is 12.1 Å². The van der Waals surface area contributed by atoms with Gasteiger partial charge in [0, 0.05) is 18.8 Å². The number of aliphatic hydroxyl groups is 1. The number of rotatable bonds is 5. The molecule has 2 unspecified atom stereocenters. The van der Waals surface area contributed by atoms with E-state index in [0.29, 0.717) is 28.5 Å². The van der Waals surface area contributed by atoms with E-state index in [1.54, 1.807) is 32.6 Å². The van der Waals surface area contributed by atoms with Gasteiger partial charge in [0.1, 0.15) is 16.7 Å². The Morgan fingerprint density at radius 1 is 1.31 bits per heavy atom. The third kappa shape index (κ3) is 5.18. The number of piperidine rings is 1. The summed E-state index contributed by atoms with van der Waals surface area (Å²) < 4.78 is 6.96. The van der Waals surface area contributed by atoms with Gasteiger partial charge in [0.2, 0.25) is 0 Å². The van der Waals surface area contributed by atoms with Crippen LogP contribution in [0.15, 0.2) is 23.1 Å². The van der Waals surface area contributed by atoms with Crippen LogP contribution in [0.25, 0.3) is 0 Å². The highest BCUT2D eigenvalue weighted by Crippen LogP contribution is 2.35. The van der Waals surface area contributed by atoms with Crippen LogP contribution in [-0.2, 0) is 11.3 Å². The Morgan fingerprint density at radius 2 is 2.03 bits per heavy atom. The molecular weight excluding hydrogens is 434 g/mol. The van der Waals surface area contributed by atoms with Crippen LogP contribution in [-0.4, -0.2) is 54.9 Å². The fourth-order valence-electron chi connectivity index (χ4n) is 3.87. The summed E-state index contributed by atoms with van der Waals surface area (Å²) in [4.78, 5) is 44.4. The van der Waals surface area contributed by atoms with E-state index in [0.717, 1.165) is 12.8 Å². The number of ether oxygens (including phenoxy) is 1. The summed E-state index contributed by atoms with van der Waals surface area (Å²) in [5.41, 5.74) is -0.478. The molecule has 2 aromatic heterocycles. The first-order valence-electron chi connectivity index (χ1n) is 10.5. The van der Waals surface area contributed by atoms with E-state index in [2.05, 4.69) is 4.98 Å². The van der Waals surface area contributed by atoms with Crippen molar-refractivity contribution < 1.29 is 24.5 Å². The van der Waals surface area contributed by atoms with Gasteiger partial charge in [-0.2, -0.15) is 0 Å². The predicted molar refractivity (Wildman–Crippen MR) is 119 cm³/mol. The van der Waals surface area contributed by atoms with E-state index < -0.39 is 35.3 Å². The van der Waals surface area contributed by atoms with Gasteiger partial charge in [-0.3, -0.25) is 4.79 Å². The number of carboxylic acids is 1. The van der Waals surface area contributed by atoms with Crippen molar-refractivity contribution in [1.82, 2.24) is 14.5 Å². The van der Waals surface area contributed by atoms with Gasteiger partial charge in [-0.25, -0.2) is 14.6 Å². The zero-order chi connectivity index (χ0) is 23.6. The maximum absolute atomic E-state index is 13.0. The average molecular weight is 464 g/mol. The number of hydrogen-bond acceptors (Lipinski definition) is 7. The number of carbonyl (C=O) groups excluding carboxylic acids is 1. The molecule has 2 aromatic rings. The Balaban J connectivity index is 2.15. The first kappa shape index (κ1) is 23.9. The van der Waals surface area contributed by atoms with Gasteiger partial charge in [0.25, 0.3) is 5.56 Å². The molecular formula is C22H29N3O6S. The maximum Gasteiger partial charge on any atom is 0.410 e. The zero-order valence-corrected chi connectivity index (χ0v) is 19.5. The molecule has 1 aliphatic rings. The van der Waals surface area contributed by atoms with Crippen LogP contribution in [0, 0.1) is 6.92 Å². The van der Waals surface area contributed by atoms with Crippen molar-refractivity contribution >= 4 is 23.4 Å². The van der Waals surface area contributed by atoms with Crippen molar-refractivity contribution in [3.8, 4) is 0 Å². The quantitative estimate of drug-likeness (QED) is 0.698. The lowest BCUT2D eigenvalue weighted by atomic mass is 9.95. The molecule has 3 heterocycles. The molecule has 0 radical (unpaired) electrons. The SMILES string of the molecule is Cc1nc(C(C2CCCCN2C(=O)OC(C)(C)C)n2cc(C(=O)O)ccc2=O)sc1CO. The first-order valence-corrected chi connectivity index (χ1v) is 11.4. The summed E-state index contributed by atoms with van der Waals surface area (Å²) in [5.74, 6) is -1.16. The summed E-state index contributed by atoms with van der Waals surface area (Å²) in [6.07, 6.45) is 3.05. The van der Waals surface area contributed by atoms with Crippen molar-refractivity contribution in [3.63, 3.8) is 0 Å². The molecule has 1 amide bonds. The second-order valence-electron chi connectivity index (χ2n) is 8.87. The normalized spacial score (nSPS) is 17.8. The monoisotopic (exact) mass is 463 g/mol. The Bertz CT molecular complexity index is 1050. The lowest BCUT2D eigenvalue weighted by Crippen LogP contribution is -2.51. The third-order valence-electron chi connectivity index (χ3n) is 5.33. The molecule has 2 N–H and O–H groups in total. The molecule has 0 aliphatic carbocycles. The van der Waals surface area contributed by atoms with Crippen molar-refractivity contribution in [2.45, 2.75) is 71.2 Å². The minimum absolute atomic E-state index is 0.0371. The summed E-state index contributed by atoms with van der Waals surface area (Å²) >= 11 is 1.26. The summed E-state index contributed by atoms with van der Waals surface area (Å²) in [6.45, 7) is 7.41. The van der Waals surface area contributed by atoms with E-state index in [-0.39, 0.29) is 12.2 Å². The molecule has 1 fully saturated rings. The Labute approximate surface area is 190 Å². The van der Waals surface area contributed by atoms with Crippen LogP contribution in [0.3, 0.4) is 0 Å². The molecule has 174 valence electrons. The predicted octanol–water partition coefficient (Wildman–Crippen LogP) is 3.18. The molecule has 0 saturated carbocycles. The second kappa shape index (κ2) is 9.41. The molecule has 3 rings (SSSR count). The number of thiazole rings is 1. The standard InChI is InChI=1S/C22H29N3O6S/c1-13-16(12-26)32-19(23-13)18(25-11-14(20(28)29)8-9-17(25)27)15-7-5-6-10-24(15)21(30)31-22(2,3)4/h8-9,11,15,18,26H,5-7,10,12H2,1-4H3,(H,28,29). The fourth-order valence-corrected chi connectivity index (χ4v) is 4.96. The highest BCUT2D eigenvalue weighted by molar-refractivity contribution is 7.11. The minimum Gasteiger partial charge on any atom is -0.478 e. The molecule has 9 nitrogen and oxygen atoms in total. The van der Waals surface area contributed by atoms with Gasteiger partial charge in [0.05, 0.1) is 28.8 Å². The number of pyridine rings is 1. The summed E-state index contributed by atoms with van der Waals surface area (Å²) in [6, 6.07) is 1.30. The highest BCUT2D eigenvalue weighted by atomic mass is 32.1. The smallest absolute Gasteiger partial charge is 0.410 e. The largest absolute Gasteiger partial charge is 0.478 e. The van der Waals surface area contributed by atoms with Gasteiger partial charge < -0.3 is 24.4 Å². The molecule has 32 heavy (non-hydrogen) atoms. The number of carboxylic acid groups (broad SMARTS) is 1. The third-order valence-corrected chi connectivity index (χ3v) is 6.55. The highest BCUT2D eigenvalue weighted by Gasteiger charge is 2.39. The minimum atomic E-state index is -1.16. The number of amides is 1. The van der Waals surface area contributed by atoms with Crippen LogP contribution in [0.4, 0.5) is 4.79 Å². The number of likely N-dealkylation sites (tertiary alicyclic amines) is 1. The lowest BCUT2D eigenvalue weighted by molar-refractivity contribution is 0.00460. The average Bonchev–Trinajstić information content (AvgIpc) is 3.08. The Morgan fingerprint density at radius 3 is 2.62 bits per heavy atom. The topological polar surface area (TPSA) is 122 Å². The molecule has 10 heteroatoms. The van der Waals surface area contributed by atoms with Crippen LogP contribution in [0.5, 0.6) is 0 Å². The maximum atomic E-state index is 13.0. The molecule has 0 aromatic carbocycles. The number of aryl methyl sites for hydroxylation is 1. The first-order chi connectivity index (χ1) is 15.0. The zero-order valence-electron chi connectivity index (χ0n) is 18.7. The van der Waals surface area contributed by atoms with Gasteiger partial charge in [-0.1, -0.05) is 0 Å². The van der Waals surface area contributed by atoms with E-state index in [1.807, 2.05) is 0 Å². The van der Waals surface area contributed by atoms with Gasteiger partial charge in [0.15, 0.2) is 0 Å². The number of aromatic nitrogens is 2. The molecule has 2 atom stereocenters. The van der Waals surface area contributed by atoms with E-state index in [1.165, 1.54) is 34.2 Å². The lowest BCUT2D eigenvalue weighted by Gasteiger charge is -2.40. The number of hydrogen-bond donors (Lipinski definition) is 2. The summed E-state index contributed by atoms with van der Waals surface area (Å²) in [7, 11) is 0. The number of nitrogens with zero attached hydrogens (tertiary/aromatic N) is 3. The van der Waals surface area contributed by atoms with Gasteiger partial charge in [-0.05, 0) is 53.0 Å². The van der Waals surface area contributed by atoms with E-state index in [4.69, 9.17) is 4.74 Å². The van der Waals surface area contributed by atoms with Crippen molar-refractivity contribution in [1.29, 1.82) is 0 Å². The van der Waals surface area contributed by atoms with Crippen LogP contribution in [0.1, 0.15) is 72.0 Å². The van der Waals surface area contributed by atoms with Gasteiger partial charge in [-0.15, -0.1) is 11.3 Å². The van der Waals surface area contributed by atoms with E-state index >= 15 is 0 Å². The number of carbonyl (C=O) groups is 2. The van der Waals surface area contributed by atoms with Crippen LogP contribution >= 0.6 is 11.3 Å². The van der Waals surface area contributed by atoms with Crippen LogP contribution < -0.4 is 5.56 Å². The van der Waals surface area contributed by atoms with Crippen LogP contribution in [0.2, 0.25) is 0 Å². The molecule has 1 saturated heterocycles. The number of aliphatic hydroxyl groups excluding tert-OH is 1. The van der Waals surface area contributed by atoms with Crippen molar-refractivity contribution in [2.75, 3.05) is 6.54 Å². The van der Waals surface area contributed by atoms with Crippen molar-refractivity contribution in [3.05, 3.63) is 49.8 Å². The second-order valence-corrected chi connectivity index (χ2v) is 9.98. The Hall–Kier alpha value is -2.72. The van der Waals surface area contributed by atoms with Crippen molar-refractivity contribution in [2.24, 2.45) is 0 Å². The summed E-state index contributed by atoms with van der Waals surface area (Å²) in [5, 5.41) is 19.7. The number of aromatic carboxylic acids is 1. The Kier molecular flexibility index (Phi) is 7.04. The fraction of sp³-hybridized carbons (Fsp3) is 0.545. The molecule has 0 spiro atoms. The van der Waals surface area contributed by atoms with E-state index in [9.17, 15) is 24.6 Å². The molecule has 1 aliphatic heterocycles.